The van der Waals surface area contributed by atoms with Gasteiger partial charge in [-0.3, -0.25) is 0 Å². The van der Waals surface area contributed by atoms with Gasteiger partial charge in [-0.15, -0.1) is 0 Å². The van der Waals surface area contributed by atoms with Gasteiger partial charge in [0.2, 0.25) is 0 Å². The van der Waals surface area contributed by atoms with Crippen LogP contribution in [0.25, 0.3) is 33.0 Å². The molecular weight excluding hydrogens is 380 g/mol. The highest BCUT2D eigenvalue weighted by Gasteiger charge is 2.35. The minimum Gasteiger partial charge on any atom is -0.0619 e. The molecule has 26 heavy (non-hydrogen) atoms. The number of halogens is 1. The van der Waals surface area contributed by atoms with Crippen molar-refractivity contribution in [3.8, 4) is 22.3 Å². The summed E-state index contributed by atoms with van der Waals surface area (Å²) in [5.41, 5.74) is 8.20. The van der Waals surface area contributed by atoms with Crippen molar-refractivity contribution in [2.45, 2.75) is 19.3 Å². The van der Waals surface area contributed by atoms with Gasteiger partial charge in [-0.1, -0.05) is 96.5 Å². The Hall–Kier alpha value is -2.38. The molecule has 0 N–H and O–H groups in total. The third-order valence-corrected chi connectivity index (χ3v) is 6.46. The zero-order chi connectivity index (χ0) is 17.9. The van der Waals surface area contributed by atoms with E-state index >= 15 is 0 Å². The van der Waals surface area contributed by atoms with Crippen LogP contribution in [0.3, 0.4) is 0 Å². The molecule has 0 saturated heterocycles. The molecule has 1 aliphatic rings. The molecule has 4 aromatic rings. The van der Waals surface area contributed by atoms with Crippen molar-refractivity contribution in [1.29, 1.82) is 0 Å². The number of hydrogen-bond acceptors (Lipinski definition) is 0. The van der Waals surface area contributed by atoms with Crippen LogP contribution in [0.2, 0.25) is 0 Å². The highest BCUT2D eigenvalue weighted by molar-refractivity contribution is 9.10. The molecule has 0 unspecified atom stereocenters. The summed E-state index contributed by atoms with van der Waals surface area (Å²) in [5, 5.41) is 2.54. The van der Waals surface area contributed by atoms with Crippen LogP contribution >= 0.6 is 15.9 Å². The van der Waals surface area contributed by atoms with Gasteiger partial charge in [0.1, 0.15) is 0 Å². The van der Waals surface area contributed by atoms with Crippen LogP contribution in [0.15, 0.2) is 83.3 Å². The Labute approximate surface area is 162 Å². The third kappa shape index (κ3) is 2.13. The average molecular weight is 399 g/mol. The summed E-state index contributed by atoms with van der Waals surface area (Å²) in [5.74, 6) is 0. The third-order valence-electron chi connectivity index (χ3n) is 5.77. The Morgan fingerprint density at radius 2 is 1.27 bits per heavy atom. The molecule has 4 aromatic carbocycles. The Morgan fingerprint density at radius 3 is 2.12 bits per heavy atom. The van der Waals surface area contributed by atoms with Crippen LogP contribution in [0, 0.1) is 0 Å². The van der Waals surface area contributed by atoms with Gasteiger partial charge in [-0.25, -0.2) is 0 Å². The summed E-state index contributed by atoms with van der Waals surface area (Å²) in [4.78, 5) is 0. The summed E-state index contributed by atoms with van der Waals surface area (Å²) in [7, 11) is 0. The molecule has 0 bridgehead atoms. The Balaban J connectivity index is 1.76. The van der Waals surface area contributed by atoms with E-state index in [1.807, 2.05) is 0 Å². The first kappa shape index (κ1) is 15.8. The normalized spacial score (nSPS) is 14.3. The maximum atomic E-state index is 3.69. The number of benzene rings is 4. The minimum absolute atomic E-state index is 0.0348. The average Bonchev–Trinajstić information content (AvgIpc) is 2.90. The molecule has 1 heteroatoms. The predicted molar refractivity (Wildman–Crippen MR) is 115 cm³/mol. The first-order valence-corrected chi connectivity index (χ1v) is 9.79. The first-order valence-electron chi connectivity index (χ1n) is 8.99. The lowest BCUT2D eigenvalue weighted by atomic mass is 9.81. The van der Waals surface area contributed by atoms with Gasteiger partial charge in [0, 0.05) is 9.89 Å². The van der Waals surface area contributed by atoms with E-state index in [4.69, 9.17) is 0 Å². The molecule has 0 radical (unpaired) electrons. The lowest BCUT2D eigenvalue weighted by Gasteiger charge is -2.22. The van der Waals surface area contributed by atoms with Crippen LogP contribution in [0.5, 0.6) is 0 Å². The van der Waals surface area contributed by atoms with Crippen molar-refractivity contribution in [1.82, 2.24) is 0 Å². The van der Waals surface area contributed by atoms with Crippen molar-refractivity contribution in [2.24, 2.45) is 0 Å². The zero-order valence-corrected chi connectivity index (χ0v) is 16.5. The van der Waals surface area contributed by atoms with E-state index in [2.05, 4.69) is 109 Å². The molecule has 126 valence electrons. The first-order chi connectivity index (χ1) is 12.6. The summed E-state index contributed by atoms with van der Waals surface area (Å²) in [6.45, 7) is 4.67. The van der Waals surface area contributed by atoms with Gasteiger partial charge in [-0.2, -0.15) is 0 Å². The van der Waals surface area contributed by atoms with Crippen LogP contribution < -0.4 is 0 Å². The Bertz CT molecular complexity index is 1170. The van der Waals surface area contributed by atoms with E-state index in [1.165, 1.54) is 44.2 Å². The maximum Gasteiger partial charge on any atom is 0.0254 e. The van der Waals surface area contributed by atoms with Gasteiger partial charge < -0.3 is 0 Å². The summed E-state index contributed by atoms with van der Waals surface area (Å²) in [6, 6.07) is 28.8. The summed E-state index contributed by atoms with van der Waals surface area (Å²) in [6.07, 6.45) is 0. The summed E-state index contributed by atoms with van der Waals surface area (Å²) < 4.78 is 1.14. The number of rotatable bonds is 1. The fourth-order valence-corrected chi connectivity index (χ4v) is 4.86. The molecule has 0 fully saturated rings. The van der Waals surface area contributed by atoms with E-state index in [1.54, 1.807) is 0 Å². The van der Waals surface area contributed by atoms with Crippen molar-refractivity contribution < 1.29 is 0 Å². The fourth-order valence-electron chi connectivity index (χ4n) is 4.39. The molecule has 0 heterocycles. The van der Waals surface area contributed by atoms with Gasteiger partial charge >= 0.3 is 0 Å². The molecule has 5 rings (SSSR count). The van der Waals surface area contributed by atoms with Crippen LogP contribution in [0.4, 0.5) is 0 Å². The van der Waals surface area contributed by atoms with Crippen LogP contribution in [-0.2, 0) is 5.41 Å². The second-order valence-electron chi connectivity index (χ2n) is 7.57. The molecule has 0 amide bonds. The maximum absolute atomic E-state index is 3.69. The molecule has 0 atom stereocenters. The molecule has 0 nitrogen and oxygen atoms in total. The highest BCUT2D eigenvalue weighted by Crippen LogP contribution is 2.49. The SMILES string of the molecule is CC1(C)c2ccccc2-c2ccc(-c3ccc(Br)c4ccccc34)cc21. The topological polar surface area (TPSA) is 0 Å². The van der Waals surface area contributed by atoms with Crippen molar-refractivity contribution in [3.05, 3.63) is 94.5 Å². The molecule has 1 aliphatic carbocycles. The summed E-state index contributed by atoms with van der Waals surface area (Å²) >= 11 is 3.69. The second kappa shape index (κ2) is 5.56. The Kier molecular flexibility index (Phi) is 3.39. The van der Waals surface area contributed by atoms with Crippen LogP contribution in [-0.4, -0.2) is 0 Å². The lowest BCUT2D eigenvalue weighted by Crippen LogP contribution is -2.14. The van der Waals surface area contributed by atoms with E-state index in [9.17, 15) is 0 Å². The van der Waals surface area contributed by atoms with E-state index in [0.29, 0.717) is 0 Å². The van der Waals surface area contributed by atoms with Gasteiger partial charge in [0.05, 0.1) is 0 Å². The number of hydrogen-bond donors (Lipinski definition) is 0. The van der Waals surface area contributed by atoms with Gasteiger partial charge in [0.25, 0.3) is 0 Å². The van der Waals surface area contributed by atoms with Crippen molar-refractivity contribution >= 4 is 26.7 Å². The standard InChI is InChI=1S/C25H19Br/c1-25(2)22-10-6-5-8-19(22)20-12-11-16(15-23(20)25)17-13-14-24(26)21-9-4-3-7-18(17)21/h3-15H,1-2H3. The lowest BCUT2D eigenvalue weighted by molar-refractivity contribution is 0.660. The highest BCUT2D eigenvalue weighted by atomic mass is 79.9. The molecule has 0 spiro atoms. The predicted octanol–water partition coefficient (Wildman–Crippen LogP) is 7.58. The zero-order valence-electron chi connectivity index (χ0n) is 14.9. The monoisotopic (exact) mass is 398 g/mol. The smallest absolute Gasteiger partial charge is 0.0254 e. The molecule has 0 saturated carbocycles. The van der Waals surface area contributed by atoms with Gasteiger partial charge in [0.15, 0.2) is 0 Å². The fraction of sp³-hybridized carbons (Fsp3) is 0.120. The molecular formula is C25H19Br. The molecule has 0 aliphatic heterocycles. The van der Waals surface area contributed by atoms with Crippen molar-refractivity contribution in [2.75, 3.05) is 0 Å². The van der Waals surface area contributed by atoms with Crippen molar-refractivity contribution in [3.63, 3.8) is 0 Å². The Morgan fingerprint density at radius 1 is 0.615 bits per heavy atom. The van der Waals surface area contributed by atoms with Crippen LogP contribution in [0.1, 0.15) is 25.0 Å². The minimum atomic E-state index is 0.0348. The van der Waals surface area contributed by atoms with E-state index in [-0.39, 0.29) is 5.41 Å². The second-order valence-corrected chi connectivity index (χ2v) is 8.43. The van der Waals surface area contributed by atoms with Gasteiger partial charge in [-0.05, 0) is 56.3 Å². The van der Waals surface area contributed by atoms with E-state index in [0.717, 1.165) is 4.47 Å². The van der Waals surface area contributed by atoms with E-state index < -0.39 is 0 Å². The quantitative estimate of drug-likeness (QED) is 0.310. The largest absolute Gasteiger partial charge is 0.0619 e. The number of fused-ring (bicyclic) bond motifs is 4. The molecule has 0 aromatic heterocycles.